The topological polar surface area (TPSA) is 12.0 Å². The van der Waals surface area contributed by atoms with Crippen LogP contribution in [0.5, 0.6) is 0 Å². The number of thiophene rings is 1. The molecule has 1 atom stereocenters. The monoisotopic (exact) mass is 391 g/mol. The van der Waals surface area contributed by atoms with E-state index in [1.54, 1.807) is 0 Å². The third-order valence-electron chi connectivity index (χ3n) is 2.85. The van der Waals surface area contributed by atoms with Crippen LogP contribution in [-0.2, 0) is 0 Å². The molecule has 18 heavy (non-hydrogen) atoms. The van der Waals surface area contributed by atoms with Crippen molar-refractivity contribution < 1.29 is 0 Å². The van der Waals surface area contributed by atoms with Crippen LogP contribution in [0.2, 0.25) is 5.02 Å². The van der Waals surface area contributed by atoms with Crippen LogP contribution in [0.4, 0.5) is 5.69 Å². The van der Waals surface area contributed by atoms with Crippen molar-refractivity contribution in [3.63, 3.8) is 0 Å². The molecule has 1 N–H and O–H groups in total. The van der Waals surface area contributed by atoms with Crippen LogP contribution in [0.15, 0.2) is 24.3 Å². The van der Waals surface area contributed by atoms with Gasteiger partial charge in [-0.05, 0) is 73.2 Å². The van der Waals surface area contributed by atoms with Crippen molar-refractivity contribution >= 4 is 51.2 Å². The molecule has 1 aromatic heterocycles. The fourth-order valence-corrected chi connectivity index (χ4v) is 4.05. The molecule has 2 rings (SSSR count). The molecular formula is C14H15ClINS. The Morgan fingerprint density at radius 3 is 2.56 bits per heavy atom. The molecule has 0 aliphatic carbocycles. The summed E-state index contributed by atoms with van der Waals surface area (Å²) < 4.78 is 1.15. The third-order valence-corrected chi connectivity index (χ3v) is 4.96. The van der Waals surface area contributed by atoms with Gasteiger partial charge in [0.2, 0.25) is 0 Å². The highest BCUT2D eigenvalue weighted by Crippen LogP contribution is 2.30. The summed E-state index contributed by atoms with van der Waals surface area (Å²) in [6.45, 7) is 6.52. The lowest BCUT2D eigenvalue weighted by molar-refractivity contribution is 0.880. The number of halogens is 2. The van der Waals surface area contributed by atoms with E-state index in [0.29, 0.717) is 6.04 Å². The van der Waals surface area contributed by atoms with Crippen molar-refractivity contribution in [1.82, 2.24) is 0 Å². The Morgan fingerprint density at radius 1 is 1.28 bits per heavy atom. The molecule has 0 bridgehead atoms. The van der Waals surface area contributed by atoms with Gasteiger partial charge in [-0.25, -0.2) is 0 Å². The van der Waals surface area contributed by atoms with Crippen molar-refractivity contribution in [2.45, 2.75) is 26.8 Å². The quantitative estimate of drug-likeness (QED) is 0.652. The van der Waals surface area contributed by atoms with E-state index in [-0.39, 0.29) is 0 Å². The highest BCUT2D eigenvalue weighted by molar-refractivity contribution is 14.1. The van der Waals surface area contributed by atoms with Gasteiger partial charge >= 0.3 is 0 Å². The predicted molar refractivity (Wildman–Crippen MR) is 90.0 cm³/mol. The molecule has 0 spiro atoms. The second-order valence-electron chi connectivity index (χ2n) is 4.36. The van der Waals surface area contributed by atoms with E-state index in [1.165, 1.54) is 15.3 Å². The minimum absolute atomic E-state index is 0.310. The van der Waals surface area contributed by atoms with E-state index < -0.39 is 0 Å². The maximum absolute atomic E-state index is 5.97. The molecule has 0 amide bonds. The molecular weight excluding hydrogens is 377 g/mol. The summed E-state index contributed by atoms with van der Waals surface area (Å²) in [4.78, 5) is 2.75. The lowest BCUT2D eigenvalue weighted by Crippen LogP contribution is -2.07. The smallest absolute Gasteiger partial charge is 0.0496 e. The summed E-state index contributed by atoms with van der Waals surface area (Å²) >= 11 is 10.1. The highest BCUT2D eigenvalue weighted by atomic mass is 127. The predicted octanol–water partition coefficient (Wildman–Crippen LogP) is 5.80. The number of rotatable bonds is 3. The molecule has 1 heterocycles. The van der Waals surface area contributed by atoms with Crippen molar-refractivity contribution in [3.8, 4) is 0 Å². The maximum Gasteiger partial charge on any atom is 0.0496 e. The average molecular weight is 392 g/mol. The van der Waals surface area contributed by atoms with E-state index in [9.17, 15) is 0 Å². The Balaban J connectivity index is 2.21. The number of benzene rings is 1. The second-order valence-corrected chi connectivity index (χ2v) is 7.42. The highest BCUT2D eigenvalue weighted by Gasteiger charge is 2.12. The lowest BCUT2D eigenvalue weighted by atomic mass is 10.1. The molecule has 1 aromatic carbocycles. The Morgan fingerprint density at radius 2 is 2.00 bits per heavy atom. The molecule has 96 valence electrons. The molecule has 4 heteroatoms. The number of hydrogen-bond donors (Lipinski definition) is 1. The second kappa shape index (κ2) is 5.80. The number of hydrogen-bond acceptors (Lipinski definition) is 2. The first kappa shape index (κ1) is 14.2. The number of nitrogens with one attached hydrogen (secondary N) is 1. The fourth-order valence-electron chi connectivity index (χ4n) is 2.00. The zero-order chi connectivity index (χ0) is 13.3. The van der Waals surface area contributed by atoms with Gasteiger partial charge in [0.1, 0.15) is 0 Å². The largest absolute Gasteiger partial charge is 0.378 e. The van der Waals surface area contributed by atoms with Gasteiger partial charge in [-0.3, -0.25) is 0 Å². The van der Waals surface area contributed by atoms with Crippen molar-refractivity contribution in [2.75, 3.05) is 5.32 Å². The zero-order valence-electron chi connectivity index (χ0n) is 10.6. The Kier molecular flexibility index (Phi) is 4.56. The van der Waals surface area contributed by atoms with E-state index in [4.69, 9.17) is 11.6 Å². The fraction of sp³-hybridized carbons (Fsp3) is 0.286. The van der Waals surface area contributed by atoms with Gasteiger partial charge in [0.05, 0.1) is 0 Å². The van der Waals surface area contributed by atoms with Gasteiger partial charge in [0.15, 0.2) is 0 Å². The minimum atomic E-state index is 0.310. The normalized spacial score (nSPS) is 12.5. The Hall–Kier alpha value is -0.260. The van der Waals surface area contributed by atoms with Gasteiger partial charge in [0, 0.05) is 30.1 Å². The van der Waals surface area contributed by atoms with Crippen LogP contribution in [0, 0.1) is 17.4 Å². The first-order valence-corrected chi connectivity index (χ1v) is 8.03. The van der Waals surface area contributed by atoms with Crippen molar-refractivity contribution in [3.05, 3.63) is 48.2 Å². The van der Waals surface area contributed by atoms with Crippen LogP contribution >= 0.6 is 45.5 Å². The molecule has 0 saturated carbocycles. The summed E-state index contributed by atoms with van der Waals surface area (Å²) in [5.74, 6) is 0. The first-order valence-electron chi connectivity index (χ1n) is 5.76. The van der Waals surface area contributed by atoms with Crippen LogP contribution in [0.3, 0.4) is 0 Å². The maximum atomic E-state index is 5.97. The summed E-state index contributed by atoms with van der Waals surface area (Å²) in [6.07, 6.45) is 0. The third kappa shape index (κ3) is 3.19. The van der Waals surface area contributed by atoms with Crippen LogP contribution in [0.1, 0.15) is 28.3 Å². The van der Waals surface area contributed by atoms with Crippen LogP contribution < -0.4 is 5.32 Å². The minimum Gasteiger partial charge on any atom is -0.378 e. The van der Waals surface area contributed by atoms with Gasteiger partial charge < -0.3 is 5.32 Å². The van der Waals surface area contributed by atoms with E-state index in [0.717, 1.165) is 14.3 Å². The van der Waals surface area contributed by atoms with Gasteiger partial charge in [0.25, 0.3) is 0 Å². The molecule has 0 aliphatic heterocycles. The Labute approximate surface area is 131 Å². The summed E-state index contributed by atoms with van der Waals surface area (Å²) in [6, 6.07) is 8.51. The Bertz CT molecular complexity index is 565. The standard InChI is InChI=1S/C14H15ClINS/c1-8-6-12(10(3)18-8)9(2)17-14-5-4-11(15)7-13(14)16/h4-7,9,17H,1-3H3. The van der Waals surface area contributed by atoms with Gasteiger partial charge in [-0.15, -0.1) is 11.3 Å². The lowest BCUT2D eigenvalue weighted by Gasteiger charge is -2.16. The molecule has 0 radical (unpaired) electrons. The number of anilines is 1. The van der Waals surface area contributed by atoms with Gasteiger partial charge in [-0.1, -0.05) is 11.6 Å². The van der Waals surface area contributed by atoms with Crippen molar-refractivity contribution in [1.29, 1.82) is 0 Å². The SMILES string of the molecule is Cc1cc(C(C)Nc2ccc(Cl)cc2I)c(C)s1. The number of aryl methyl sites for hydroxylation is 2. The first-order chi connectivity index (χ1) is 8.47. The zero-order valence-corrected chi connectivity index (χ0v) is 14.3. The van der Waals surface area contributed by atoms with E-state index in [2.05, 4.69) is 54.7 Å². The molecule has 0 aliphatic rings. The summed E-state index contributed by atoms with van der Waals surface area (Å²) in [7, 11) is 0. The van der Waals surface area contributed by atoms with Crippen LogP contribution in [0.25, 0.3) is 0 Å². The van der Waals surface area contributed by atoms with Gasteiger partial charge in [-0.2, -0.15) is 0 Å². The molecule has 1 unspecified atom stereocenters. The molecule has 1 nitrogen and oxygen atoms in total. The van der Waals surface area contributed by atoms with Crippen LogP contribution in [-0.4, -0.2) is 0 Å². The van der Waals surface area contributed by atoms with E-state index >= 15 is 0 Å². The summed E-state index contributed by atoms with van der Waals surface area (Å²) in [5.41, 5.74) is 2.51. The van der Waals surface area contributed by atoms with E-state index in [1.807, 2.05) is 29.5 Å². The summed E-state index contributed by atoms with van der Waals surface area (Å²) in [5, 5.41) is 4.33. The van der Waals surface area contributed by atoms with Crippen molar-refractivity contribution in [2.24, 2.45) is 0 Å². The molecule has 2 aromatic rings. The average Bonchev–Trinajstić information content (AvgIpc) is 2.62. The molecule has 0 saturated heterocycles. The molecule has 0 fully saturated rings.